The number of carbonyl (C=O) groups excluding carboxylic acids is 2. The summed E-state index contributed by atoms with van der Waals surface area (Å²) in [7, 11) is 1.33. The number of nitrogens with one attached hydrogen (secondary N) is 1. The maximum atomic E-state index is 11.6. The molecule has 0 radical (unpaired) electrons. The summed E-state index contributed by atoms with van der Waals surface area (Å²) in [6, 6.07) is 8.52. The molecule has 1 aromatic carbocycles. The number of benzene rings is 1. The lowest BCUT2D eigenvalue weighted by Crippen LogP contribution is -2.33. The van der Waals surface area contributed by atoms with Crippen molar-refractivity contribution in [1.82, 2.24) is 5.32 Å². The SMILES string of the molecule is CC[C@H](C#N)NC(=O)CCc1ccc(C(=O)OC)cc1. The summed E-state index contributed by atoms with van der Waals surface area (Å²) in [5, 5.41) is 11.4. The molecule has 1 aromatic rings. The van der Waals surface area contributed by atoms with Gasteiger partial charge in [0.15, 0.2) is 0 Å². The van der Waals surface area contributed by atoms with Crippen LogP contribution in [-0.2, 0) is 16.0 Å². The van der Waals surface area contributed by atoms with E-state index >= 15 is 0 Å². The Morgan fingerprint density at radius 1 is 1.35 bits per heavy atom. The van der Waals surface area contributed by atoms with Crippen molar-refractivity contribution in [1.29, 1.82) is 5.26 Å². The molecular formula is C15H18N2O3. The molecule has 20 heavy (non-hydrogen) atoms. The monoisotopic (exact) mass is 274 g/mol. The maximum Gasteiger partial charge on any atom is 0.337 e. The summed E-state index contributed by atoms with van der Waals surface area (Å²) in [5.74, 6) is -0.524. The van der Waals surface area contributed by atoms with Gasteiger partial charge in [-0.2, -0.15) is 5.26 Å². The first-order chi connectivity index (χ1) is 9.60. The van der Waals surface area contributed by atoms with Crippen LogP contribution in [0.2, 0.25) is 0 Å². The summed E-state index contributed by atoms with van der Waals surface area (Å²) in [4.78, 5) is 22.9. The van der Waals surface area contributed by atoms with Crippen LogP contribution in [0.1, 0.15) is 35.7 Å². The fraction of sp³-hybridized carbons (Fsp3) is 0.400. The van der Waals surface area contributed by atoms with Gasteiger partial charge in [0.05, 0.1) is 18.7 Å². The molecule has 0 aliphatic carbocycles. The molecule has 0 heterocycles. The summed E-state index contributed by atoms with van der Waals surface area (Å²) in [5.41, 5.74) is 1.44. The highest BCUT2D eigenvalue weighted by atomic mass is 16.5. The minimum Gasteiger partial charge on any atom is -0.465 e. The molecule has 1 atom stereocenters. The Bertz CT molecular complexity index is 503. The molecular weight excluding hydrogens is 256 g/mol. The van der Waals surface area contributed by atoms with Crippen LogP contribution < -0.4 is 5.32 Å². The van der Waals surface area contributed by atoms with Crippen molar-refractivity contribution in [3.05, 3.63) is 35.4 Å². The van der Waals surface area contributed by atoms with Crippen molar-refractivity contribution in [3.8, 4) is 6.07 Å². The van der Waals surface area contributed by atoms with Crippen molar-refractivity contribution < 1.29 is 14.3 Å². The van der Waals surface area contributed by atoms with E-state index in [0.29, 0.717) is 24.8 Å². The molecule has 0 fully saturated rings. The van der Waals surface area contributed by atoms with Crippen molar-refractivity contribution >= 4 is 11.9 Å². The van der Waals surface area contributed by atoms with Crippen molar-refractivity contribution in [2.45, 2.75) is 32.2 Å². The Balaban J connectivity index is 2.48. The third kappa shape index (κ3) is 4.73. The fourth-order valence-corrected chi connectivity index (χ4v) is 1.68. The molecule has 106 valence electrons. The minimum absolute atomic E-state index is 0.143. The highest BCUT2D eigenvalue weighted by Crippen LogP contribution is 2.08. The predicted molar refractivity (Wildman–Crippen MR) is 73.9 cm³/mol. The second-order valence-electron chi connectivity index (χ2n) is 4.35. The molecule has 0 aliphatic rings. The van der Waals surface area contributed by atoms with Gasteiger partial charge in [-0.05, 0) is 30.5 Å². The first-order valence-corrected chi connectivity index (χ1v) is 6.47. The van der Waals surface area contributed by atoms with Gasteiger partial charge in [-0.3, -0.25) is 4.79 Å². The number of amides is 1. The lowest BCUT2D eigenvalue weighted by Gasteiger charge is -2.09. The fourth-order valence-electron chi connectivity index (χ4n) is 1.68. The largest absolute Gasteiger partial charge is 0.465 e. The Morgan fingerprint density at radius 2 is 2.00 bits per heavy atom. The van der Waals surface area contributed by atoms with E-state index < -0.39 is 6.04 Å². The van der Waals surface area contributed by atoms with E-state index in [2.05, 4.69) is 10.1 Å². The second kappa shape index (κ2) is 7.95. The normalized spacial score (nSPS) is 11.2. The smallest absolute Gasteiger partial charge is 0.337 e. The van der Waals surface area contributed by atoms with Crippen LogP contribution in [0.3, 0.4) is 0 Å². The van der Waals surface area contributed by atoms with E-state index in [1.165, 1.54) is 7.11 Å². The zero-order valence-electron chi connectivity index (χ0n) is 11.7. The Labute approximate surface area is 118 Å². The predicted octanol–water partition coefficient (Wildman–Crippen LogP) is 1.82. The van der Waals surface area contributed by atoms with Gasteiger partial charge in [-0.1, -0.05) is 19.1 Å². The zero-order valence-corrected chi connectivity index (χ0v) is 11.7. The number of carbonyl (C=O) groups is 2. The highest BCUT2D eigenvalue weighted by molar-refractivity contribution is 5.89. The highest BCUT2D eigenvalue weighted by Gasteiger charge is 2.09. The molecule has 1 N–H and O–H groups in total. The number of rotatable bonds is 6. The quantitative estimate of drug-likeness (QED) is 0.802. The van der Waals surface area contributed by atoms with Crippen molar-refractivity contribution in [2.24, 2.45) is 0 Å². The summed E-state index contributed by atoms with van der Waals surface area (Å²) < 4.78 is 4.61. The number of nitrogens with zero attached hydrogens (tertiary/aromatic N) is 1. The van der Waals surface area contributed by atoms with Crippen molar-refractivity contribution in [3.63, 3.8) is 0 Å². The number of hydrogen-bond acceptors (Lipinski definition) is 4. The topological polar surface area (TPSA) is 79.2 Å². The molecule has 0 spiro atoms. The van der Waals surface area contributed by atoms with Gasteiger partial charge in [-0.25, -0.2) is 4.79 Å². The number of esters is 1. The van der Waals surface area contributed by atoms with Gasteiger partial charge in [0.1, 0.15) is 6.04 Å². The summed E-state index contributed by atoms with van der Waals surface area (Å²) in [6.45, 7) is 1.85. The van der Waals surface area contributed by atoms with E-state index in [-0.39, 0.29) is 11.9 Å². The van der Waals surface area contributed by atoms with Crippen molar-refractivity contribution in [2.75, 3.05) is 7.11 Å². The molecule has 0 unspecified atom stereocenters. The number of methoxy groups -OCH3 is 1. The minimum atomic E-state index is -0.427. The van der Waals surface area contributed by atoms with Crippen LogP contribution in [0.25, 0.3) is 0 Å². The van der Waals surface area contributed by atoms with Crippen LogP contribution in [-0.4, -0.2) is 25.0 Å². The average molecular weight is 274 g/mol. The Hall–Kier alpha value is -2.35. The van der Waals surface area contributed by atoms with Crippen LogP contribution in [0, 0.1) is 11.3 Å². The molecule has 0 aliphatic heterocycles. The van der Waals surface area contributed by atoms with Gasteiger partial charge in [0, 0.05) is 6.42 Å². The molecule has 1 amide bonds. The lowest BCUT2D eigenvalue weighted by atomic mass is 10.1. The summed E-state index contributed by atoms with van der Waals surface area (Å²) in [6.07, 6.45) is 1.47. The number of aryl methyl sites for hydroxylation is 1. The van der Waals surface area contributed by atoms with E-state index in [4.69, 9.17) is 5.26 Å². The Morgan fingerprint density at radius 3 is 2.50 bits per heavy atom. The van der Waals surface area contributed by atoms with E-state index in [9.17, 15) is 9.59 Å². The molecule has 0 saturated heterocycles. The average Bonchev–Trinajstić information content (AvgIpc) is 2.50. The van der Waals surface area contributed by atoms with E-state index in [1.54, 1.807) is 24.3 Å². The molecule has 5 nitrogen and oxygen atoms in total. The van der Waals surface area contributed by atoms with Crippen LogP contribution in [0.5, 0.6) is 0 Å². The maximum absolute atomic E-state index is 11.6. The lowest BCUT2D eigenvalue weighted by molar-refractivity contribution is -0.121. The number of ether oxygens (including phenoxy) is 1. The third-order valence-electron chi connectivity index (χ3n) is 2.92. The van der Waals surface area contributed by atoms with Gasteiger partial charge in [-0.15, -0.1) is 0 Å². The molecule has 5 heteroatoms. The van der Waals surface area contributed by atoms with E-state index in [0.717, 1.165) is 5.56 Å². The second-order valence-corrected chi connectivity index (χ2v) is 4.35. The van der Waals surface area contributed by atoms with Gasteiger partial charge in [0.25, 0.3) is 0 Å². The van der Waals surface area contributed by atoms with Crippen LogP contribution >= 0.6 is 0 Å². The number of hydrogen-bond donors (Lipinski definition) is 1. The standard InChI is InChI=1S/C15H18N2O3/c1-3-13(10-16)17-14(18)9-6-11-4-7-12(8-5-11)15(19)20-2/h4-5,7-8,13H,3,6,9H2,1-2H3,(H,17,18)/t13-/m1/s1. The first kappa shape index (κ1) is 15.7. The summed E-state index contributed by atoms with van der Waals surface area (Å²) >= 11 is 0. The first-order valence-electron chi connectivity index (χ1n) is 6.47. The van der Waals surface area contributed by atoms with E-state index in [1.807, 2.05) is 13.0 Å². The molecule has 0 aromatic heterocycles. The molecule has 1 rings (SSSR count). The number of nitriles is 1. The van der Waals surface area contributed by atoms with Crippen LogP contribution in [0.15, 0.2) is 24.3 Å². The molecule has 0 saturated carbocycles. The van der Waals surface area contributed by atoms with Gasteiger partial charge < -0.3 is 10.1 Å². The van der Waals surface area contributed by atoms with Gasteiger partial charge in [0.2, 0.25) is 5.91 Å². The van der Waals surface area contributed by atoms with Gasteiger partial charge >= 0.3 is 5.97 Å². The van der Waals surface area contributed by atoms with Crippen LogP contribution in [0.4, 0.5) is 0 Å². The third-order valence-corrected chi connectivity index (χ3v) is 2.92. The molecule has 0 bridgehead atoms. The zero-order chi connectivity index (χ0) is 15.0. The Kier molecular flexibility index (Phi) is 6.24.